The normalized spacial score (nSPS) is 12.3. The van der Waals surface area contributed by atoms with Gasteiger partial charge in [0.2, 0.25) is 0 Å². The number of esters is 2. The second-order valence-corrected chi connectivity index (χ2v) is 14.4. The molecule has 0 heterocycles. The maximum Gasteiger partial charge on any atom is 0.306 e. The summed E-state index contributed by atoms with van der Waals surface area (Å²) in [7, 11) is 0. The van der Waals surface area contributed by atoms with Crippen LogP contribution in [-0.4, -0.2) is 36.4 Å². The molecule has 0 aliphatic rings. The lowest BCUT2D eigenvalue weighted by Crippen LogP contribution is -2.28. The molecular formula is C44H82O5. The summed E-state index contributed by atoms with van der Waals surface area (Å²) in [6.45, 7) is 4.13. The molecule has 0 aromatic heterocycles. The molecule has 0 unspecified atom stereocenters. The van der Waals surface area contributed by atoms with E-state index in [1.807, 2.05) is 0 Å². The van der Waals surface area contributed by atoms with E-state index < -0.39 is 6.10 Å². The largest absolute Gasteiger partial charge is 0.462 e. The van der Waals surface area contributed by atoms with Crippen LogP contribution >= 0.6 is 0 Å². The van der Waals surface area contributed by atoms with Gasteiger partial charge in [0.15, 0.2) is 6.10 Å². The molecule has 0 aromatic carbocycles. The Morgan fingerprint density at radius 2 is 0.755 bits per heavy atom. The first-order valence-electron chi connectivity index (χ1n) is 21.4. The van der Waals surface area contributed by atoms with Crippen molar-refractivity contribution in [3.8, 4) is 0 Å². The molecule has 0 aliphatic carbocycles. The van der Waals surface area contributed by atoms with Gasteiger partial charge in [0, 0.05) is 12.8 Å². The highest BCUT2D eigenvalue weighted by Gasteiger charge is 2.16. The molecule has 0 aliphatic heterocycles. The number of hydrogen-bond acceptors (Lipinski definition) is 5. The summed E-state index contributed by atoms with van der Waals surface area (Å²) in [5.41, 5.74) is 0. The SMILES string of the molecule is CCCCCCC/C=C/CCCCCCCC(=O)OC[C@H](CO)OC(=O)CCCCCCCCCCCCC/C=C/CCCCCCCC. The molecule has 1 atom stereocenters. The zero-order valence-electron chi connectivity index (χ0n) is 32.7. The van der Waals surface area contributed by atoms with Gasteiger partial charge in [-0.25, -0.2) is 0 Å². The Balaban J connectivity index is 3.51. The maximum atomic E-state index is 12.2. The van der Waals surface area contributed by atoms with E-state index in [0.717, 1.165) is 44.9 Å². The van der Waals surface area contributed by atoms with Gasteiger partial charge in [-0.2, -0.15) is 0 Å². The number of rotatable bonds is 39. The molecule has 1 N–H and O–H groups in total. The summed E-state index contributed by atoms with van der Waals surface area (Å²) in [6.07, 6.45) is 48.2. The van der Waals surface area contributed by atoms with E-state index in [-0.39, 0.29) is 25.2 Å². The van der Waals surface area contributed by atoms with Gasteiger partial charge in [-0.15, -0.1) is 0 Å². The van der Waals surface area contributed by atoms with Crippen LogP contribution in [0.2, 0.25) is 0 Å². The highest BCUT2D eigenvalue weighted by atomic mass is 16.6. The first-order valence-corrected chi connectivity index (χ1v) is 21.4. The van der Waals surface area contributed by atoms with Crippen LogP contribution in [0.25, 0.3) is 0 Å². The van der Waals surface area contributed by atoms with Crippen molar-refractivity contribution in [1.82, 2.24) is 0 Å². The van der Waals surface area contributed by atoms with Crippen molar-refractivity contribution in [2.75, 3.05) is 13.2 Å². The predicted molar refractivity (Wildman–Crippen MR) is 210 cm³/mol. The van der Waals surface area contributed by atoms with E-state index in [2.05, 4.69) is 38.2 Å². The average molecular weight is 691 g/mol. The molecule has 0 radical (unpaired) electrons. The second-order valence-electron chi connectivity index (χ2n) is 14.4. The van der Waals surface area contributed by atoms with Gasteiger partial charge in [0.25, 0.3) is 0 Å². The topological polar surface area (TPSA) is 72.8 Å². The third kappa shape index (κ3) is 39.0. The average Bonchev–Trinajstić information content (AvgIpc) is 3.10. The van der Waals surface area contributed by atoms with Crippen molar-refractivity contribution in [3.05, 3.63) is 24.3 Å². The molecule has 0 rings (SSSR count). The third-order valence-electron chi connectivity index (χ3n) is 9.47. The molecule has 0 fully saturated rings. The van der Waals surface area contributed by atoms with Crippen molar-refractivity contribution in [2.24, 2.45) is 0 Å². The highest BCUT2D eigenvalue weighted by Crippen LogP contribution is 2.14. The lowest BCUT2D eigenvalue weighted by Gasteiger charge is -2.15. The number of ether oxygens (including phenoxy) is 2. The summed E-state index contributed by atoms with van der Waals surface area (Å²) < 4.78 is 10.6. The molecule has 5 nitrogen and oxygen atoms in total. The first kappa shape index (κ1) is 47.4. The van der Waals surface area contributed by atoms with Gasteiger partial charge >= 0.3 is 11.9 Å². The summed E-state index contributed by atoms with van der Waals surface area (Å²) in [5, 5.41) is 9.57. The van der Waals surface area contributed by atoms with E-state index in [1.165, 1.54) is 154 Å². The van der Waals surface area contributed by atoms with Gasteiger partial charge in [0.1, 0.15) is 6.61 Å². The fourth-order valence-electron chi connectivity index (χ4n) is 6.19. The Hall–Kier alpha value is -1.62. The van der Waals surface area contributed by atoms with Gasteiger partial charge in [0.05, 0.1) is 6.61 Å². The lowest BCUT2D eigenvalue weighted by molar-refractivity contribution is -0.161. The minimum Gasteiger partial charge on any atom is -0.462 e. The zero-order valence-corrected chi connectivity index (χ0v) is 32.7. The van der Waals surface area contributed by atoms with Crippen LogP contribution in [0, 0.1) is 0 Å². The molecular weight excluding hydrogens is 608 g/mol. The lowest BCUT2D eigenvalue weighted by atomic mass is 10.0. The van der Waals surface area contributed by atoms with Crippen LogP contribution in [0.4, 0.5) is 0 Å². The Morgan fingerprint density at radius 3 is 1.10 bits per heavy atom. The minimum atomic E-state index is -0.771. The maximum absolute atomic E-state index is 12.2. The molecule has 5 heteroatoms. The first-order chi connectivity index (χ1) is 24.1. The van der Waals surface area contributed by atoms with E-state index in [4.69, 9.17) is 9.47 Å². The summed E-state index contributed by atoms with van der Waals surface area (Å²) >= 11 is 0. The number of unbranched alkanes of at least 4 members (excludes halogenated alkanes) is 27. The van der Waals surface area contributed by atoms with Gasteiger partial charge in [-0.3, -0.25) is 9.59 Å². The monoisotopic (exact) mass is 691 g/mol. The van der Waals surface area contributed by atoms with E-state index in [0.29, 0.717) is 12.8 Å². The Morgan fingerprint density at radius 1 is 0.449 bits per heavy atom. The van der Waals surface area contributed by atoms with E-state index in [9.17, 15) is 14.7 Å². The van der Waals surface area contributed by atoms with Crippen molar-refractivity contribution < 1.29 is 24.2 Å². The smallest absolute Gasteiger partial charge is 0.306 e. The fraction of sp³-hybridized carbons (Fsp3) is 0.864. The van der Waals surface area contributed by atoms with E-state index >= 15 is 0 Å². The van der Waals surface area contributed by atoms with Crippen LogP contribution in [-0.2, 0) is 19.1 Å². The highest BCUT2D eigenvalue weighted by molar-refractivity contribution is 5.70. The van der Waals surface area contributed by atoms with Crippen molar-refractivity contribution >= 4 is 11.9 Å². The number of hydrogen-bond donors (Lipinski definition) is 1. The quantitative estimate of drug-likeness (QED) is 0.0395. The second kappa shape index (κ2) is 40.8. The summed E-state index contributed by atoms with van der Waals surface area (Å²) in [5.74, 6) is -0.594. The number of aliphatic hydroxyl groups excluding tert-OH is 1. The summed E-state index contributed by atoms with van der Waals surface area (Å²) in [6, 6.07) is 0. The van der Waals surface area contributed by atoms with Gasteiger partial charge in [-0.1, -0.05) is 173 Å². The Labute approximate surface area is 304 Å². The predicted octanol–water partition coefficient (Wildman–Crippen LogP) is 13.5. The van der Waals surface area contributed by atoms with Crippen LogP contribution in [0.5, 0.6) is 0 Å². The molecule has 0 aromatic rings. The molecule has 0 amide bonds. The van der Waals surface area contributed by atoms with Crippen LogP contribution in [0.3, 0.4) is 0 Å². The summed E-state index contributed by atoms with van der Waals surface area (Å²) in [4.78, 5) is 24.3. The number of carbonyl (C=O) groups excluding carboxylic acids is 2. The number of allylic oxidation sites excluding steroid dienone is 4. The molecule has 0 spiro atoms. The van der Waals surface area contributed by atoms with Gasteiger partial charge < -0.3 is 14.6 Å². The molecule has 0 saturated carbocycles. The van der Waals surface area contributed by atoms with Crippen molar-refractivity contribution in [1.29, 1.82) is 0 Å². The fourth-order valence-corrected chi connectivity index (χ4v) is 6.19. The Kier molecular flexibility index (Phi) is 39.5. The van der Waals surface area contributed by atoms with E-state index in [1.54, 1.807) is 0 Å². The number of carbonyl (C=O) groups is 2. The van der Waals surface area contributed by atoms with Crippen LogP contribution in [0.1, 0.15) is 226 Å². The van der Waals surface area contributed by atoms with Gasteiger partial charge in [-0.05, 0) is 64.2 Å². The molecule has 49 heavy (non-hydrogen) atoms. The van der Waals surface area contributed by atoms with Crippen molar-refractivity contribution in [2.45, 2.75) is 232 Å². The number of aliphatic hydroxyl groups is 1. The minimum absolute atomic E-state index is 0.0671. The zero-order chi connectivity index (χ0) is 35.7. The van der Waals surface area contributed by atoms with Crippen LogP contribution < -0.4 is 0 Å². The van der Waals surface area contributed by atoms with Crippen LogP contribution in [0.15, 0.2) is 24.3 Å². The van der Waals surface area contributed by atoms with Crippen molar-refractivity contribution in [3.63, 3.8) is 0 Å². The third-order valence-corrected chi connectivity index (χ3v) is 9.47. The molecule has 288 valence electrons. The molecule has 0 bridgehead atoms. The standard InChI is InChI=1S/C44H82O5/c1-3-5-7-9-11-13-15-17-19-20-21-22-23-24-25-27-29-31-33-35-37-39-44(47)49-42(40-45)41-48-43(46)38-36-34-32-30-28-26-18-16-14-12-10-8-6-4-2/h16-19,42,45H,3-15,20-41H2,1-2H3/b18-16+,19-17+/t42-/m0/s1. The Bertz CT molecular complexity index is 746. The molecule has 0 saturated heterocycles.